The molecule has 1 amide bonds. The van der Waals surface area contributed by atoms with Crippen molar-refractivity contribution in [3.8, 4) is 0 Å². The molecule has 3 aromatic rings. The van der Waals surface area contributed by atoms with Gasteiger partial charge >= 0.3 is 0 Å². The van der Waals surface area contributed by atoms with Gasteiger partial charge in [0, 0.05) is 11.4 Å². The van der Waals surface area contributed by atoms with E-state index < -0.39 is 0 Å². The number of nitrogens with zero attached hydrogens (tertiary/aromatic N) is 2. The van der Waals surface area contributed by atoms with Crippen molar-refractivity contribution in [2.24, 2.45) is 5.92 Å². The number of amides is 1. The molecular weight excluding hydrogens is 402 g/mol. The average Bonchev–Trinajstić information content (AvgIpc) is 2.97. The monoisotopic (exact) mass is 429 g/mol. The van der Waals surface area contributed by atoms with Gasteiger partial charge in [0.05, 0.1) is 17.2 Å². The molecule has 1 aromatic carbocycles. The maximum Gasteiger partial charge on any atom is 0.263 e. The fourth-order valence-electron chi connectivity index (χ4n) is 3.18. The maximum atomic E-state index is 13.1. The van der Waals surface area contributed by atoms with Gasteiger partial charge in [0.1, 0.15) is 4.83 Å². The highest BCUT2D eigenvalue weighted by Crippen LogP contribution is 2.28. The largest absolute Gasteiger partial charge is 0.349 e. The number of thiophene rings is 1. The van der Waals surface area contributed by atoms with E-state index in [0.717, 1.165) is 20.8 Å². The molecule has 1 unspecified atom stereocenters. The van der Waals surface area contributed by atoms with E-state index >= 15 is 0 Å². The van der Waals surface area contributed by atoms with Crippen molar-refractivity contribution in [3.63, 3.8) is 0 Å². The molecule has 0 aliphatic heterocycles. The summed E-state index contributed by atoms with van der Waals surface area (Å²) in [7, 11) is 0. The molecule has 0 fully saturated rings. The Morgan fingerprint density at radius 2 is 1.90 bits per heavy atom. The molecular formula is C22H27N3O2S2. The molecule has 2 heterocycles. The predicted molar refractivity (Wildman–Crippen MR) is 122 cm³/mol. The minimum Gasteiger partial charge on any atom is -0.349 e. The lowest BCUT2D eigenvalue weighted by molar-refractivity contribution is -0.119. The zero-order valence-corrected chi connectivity index (χ0v) is 19.1. The van der Waals surface area contributed by atoms with Gasteiger partial charge in [-0.25, -0.2) is 4.98 Å². The van der Waals surface area contributed by atoms with Crippen molar-refractivity contribution in [1.29, 1.82) is 0 Å². The quantitative estimate of drug-likeness (QED) is 0.437. The van der Waals surface area contributed by atoms with Crippen LogP contribution in [0.4, 0.5) is 0 Å². The topological polar surface area (TPSA) is 64.0 Å². The number of rotatable bonds is 7. The molecule has 5 nitrogen and oxygen atoms in total. The van der Waals surface area contributed by atoms with Gasteiger partial charge in [-0.2, -0.15) is 0 Å². The molecule has 0 saturated heterocycles. The molecule has 3 rings (SSSR count). The van der Waals surface area contributed by atoms with Crippen molar-refractivity contribution in [2.45, 2.75) is 52.4 Å². The van der Waals surface area contributed by atoms with Crippen LogP contribution in [0.3, 0.4) is 0 Å². The van der Waals surface area contributed by atoms with Crippen molar-refractivity contribution in [1.82, 2.24) is 14.9 Å². The third kappa shape index (κ3) is 4.90. The molecule has 0 bridgehead atoms. The number of carbonyl (C=O) groups excluding carboxylic acids is 1. The Balaban J connectivity index is 1.81. The number of hydrogen-bond donors (Lipinski definition) is 1. The van der Waals surface area contributed by atoms with Gasteiger partial charge in [0.15, 0.2) is 5.16 Å². The van der Waals surface area contributed by atoms with Gasteiger partial charge in [-0.15, -0.1) is 11.3 Å². The van der Waals surface area contributed by atoms with Crippen molar-refractivity contribution >= 4 is 39.2 Å². The van der Waals surface area contributed by atoms with Gasteiger partial charge in [-0.1, -0.05) is 55.9 Å². The molecule has 154 valence electrons. The summed E-state index contributed by atoms with van der Waals surface area (Å²) >= 11 is 2.86. The first-order chi connectivity index (χ1) is 13.8. The smallest absolute Gasteiger partial charge is 0.263 e. The molecule has 2 aromatic heterocycles. The van der Waals surface area contributed by atoms with E-state index in [0.29, 0.717) is 23.0 Å². The van der Waals surface area contributed by atoms with Crippen LogP contribution in [-0.4, -0.2) is 21.2 Å². The van der Waals surface area contributed by atoms with Gasteiger partial charge in [0.2, 0.25) is 5.91 Å². The van der Waals surface area contributed by atoms with Crippen molar-refractivity contribution in [2.75, 3.05) is 5.75 Å². The summed E-state index contributed by atoms with van der Waals surface area (Å²) in [6.45, 7) is 10.7. The van der Waals surface area contributed by atoms with E-state index in [9.17, 15) is 9.59 Å². The van der Waals surface area contributed by atoms with E-state index in [1.54, 1.807) is 4.57 Å². The second-order valence-corrected chi connectivity index (χ2v) is 9.80. The Labute approximate surface area is 179 Å². The molecule has 0 aliphatic carbocycles. The molecule has 29 heavy (non-hydrogen) atoms. The molecule has 0 aliphatic rings. The first-order valence-electron chi connectivity index (χ1n) is 9.75. The number of aromatic nitrogens is 2. The average molecular weight is 430 g/mol. The molecule has 7 heteroatoms. The Bertz CT molecular complexity index is 1070. The zero-order chi connectivity index (χ0) is 21.1. The Hall–Kier alpha value is -2.12. The van der Waals surface area contributed by atoms with Crippen LogP contribution in [0, 0.1) is 19.8 Å². The normalized spacial score (nSPS) is 12.5. The molecule has 1 N–H and O–H groups in total. The van der Waals surface area contributed by atoms with Crippen LogP contribution in [0.1, 0.15) is 42.8 Å². The summed E-state index contributed by atoms with van der Waals surface area (Å²) in [5.74, 6) is 0.449. The van der Waals surface area contributed by atoms with Crippen LogP contribution in [-0.2, 0) is 11.3 Å². The van der Waals surface area contributed by atoms with Gasteiger partial charge < -0.3 is 5.32 Å². The molecule has 0 spiro atoms. The Morgan fingerprint density at radius 1 is 1.21 bits per heavy atom. The predicted octanol–water partition coefficient (Wildman–Crippen LogP) is 4.70. The van der Waals surface area contributed by atoms with Gasteiger partial charge in [-0.05, 0) is 37.8 Å². The fraction of sp³-hybridized carbons (Fsp3) is 0.409. The van der Waals surface area contributed by atoms with E-state index in [1.807, 2.05) is 51.1 Å². The Kier molecular flexibility index (Phi) is 6.80. The highest BCUT2D eigenvalue weighted by atomic mass is 32.2. The SMILES string of the molecule is Cc1sc2nc(SCC(=O)NC(C)c3ccccc3)n(CC(C)C)c(=O)c2c1C. The van der Waals surface area contributed by atoms with Crippen LogP contribution < -0.4 is 10.9 Å². The number of benzene rings is 1. The lowest BCUT2D eigenvalue weighted by atomic mass is 10.1. The summed E-state index contributed by atoms with van der Waals surface area (Å²) in [5.41, 5.74) is 2.06. The van der Waals surface area contributed by atoms with Crippen LogP contribution in [0.25, 0.3) is 10.2 Å². The van der Waals surface area contributed by atoms with Crippen molar-refractivity contribution < 1.29 is 4.79 Å². The lowest BCUT2D eigenvalue weighted by Crippen LogP contribution is -2.29. The Morgan fingerprint density at radius 3 is 2.55 bits per heavy atom. The summed E-state index contributed by atoms with van der Waals surface area (Å²) in [4.78, 5) is 32.2. The van der Waals surface area contributed by atoms with E-state index in [4.69, 9.17) is 4.98 Å². The molecule has 0 saturated carbocycles. The standard InChI is InChI=1S/C22H27N3O2S2/c1-13(2)11-25-21(27)19-14(3)16(5)29-20(19)24-22(25)28-12-18(26)23-15(4)17-9-7-6-8-10-17/h6-10,13,15H,11-12H2,1-5H3,(H,23,26). The van der Waals surface area contributed by atoms with Gasteiger partial charge in [-0.3, -0.25) is 14.2 Å². The van der Waals surface area contributed by atoms with E-state index in [1.165, 1.54) is 23.1 Å². The van der Waals surface area contributed by atoms with Crippen LogP contribution in [0.2, 0.25) is 0 Å². The lowest BCUT2D eigenvalue weighted by Gasteiger charge is -2.16. The number of aryl methyl sites for hydroxylation is 2. The van der Waals surface area contributed by atoms with E-state index in [2.05, 4.69) is 19.2 Å². The molecule has 1 atom stereocenters. The zero-order valence-electron chi connectivity index (χ0n) is 17.5. The molecule has 0 radical (unpaired) electrons. The summed E-state index contributed by atoms with van der Waals surface area (Å²) in [6, 6.07) is 9.80. The third-order valence-electron chi connectivity index (χ3n) is 4.81. The van der Waals surface area contributed by atoms with Crippen LogP contribution in [0.5, 0.6) is 0 Å². The van der Waals surface area contributed by atoms with Crippen molar-refractivity contribution in [3.05, 3.63) is 56.7 Å². The number of carbonyl (C=O) groups is 1. The minimum absolute atomic E-state index is 0.00823. The number of fused-ring (bicyclic) bond motifs is 1. The van der Waals surface area contributed by atoms with E-state index in [-0.39, 0.29) is 23.3 Å². The summed E-state index contributed by atoms with van der Waals surface area (Å²) < 4.78 is 1.73. The third-order valence-corrected chi connectivity index (χ3v) is 6.89. The highest BCUT2D eigenvalue weighted by Gasteiger charge is 2.18. The van der Waals surface area contributed by atoms with Gasteiger partial charge in [0.25, 0.3) is 5.56 Å². The summed E-state index contributed by atoms with van der Waals surface area (Å²) in [6.07, 6.45) is 0. The second kappa shape index (κ2) is 9.13. The highest BCUT2D eigenvalue weighted by molar-refractivity contribution is 7.99. The van der Waals surface area contributed by atoms with Crippen LogP contribution >= 0.6 is 23.1 Å². The first-order valence-corrected chi connectivity index (χ1v) is 11.6. The summed E-state index contributed by atoms with van der Waals surface area (Å²) in [5, 5.41) is 4.34. The van der Waals surface area contributed by atoms with Crippen LogP contribution in [0.15, 0.2) is 40.3 Å². The first kappa shape index (κ1) is 21.6. The number of nitrogens with one attached hydrogen (secondary N) is 1. The minimum atomic E-state index is -0.0738. The maximum absolute atomic E-state index is 13.1. The number of thioether (sulfide) groups is 1. The fourth-order valence-corrected chi connectivity index (χ4v) is 5.07. The number of hydrogen-bond acceptors (Lipinski definition) is 5. The second-order valence-electron chi connectivity index (χ2n) is 7.66.